The molecule has 1 atom stereocenters. The van der Waals surface area contributed by atoms with E-state index in [1.54, 1.807) is 12.5 Å². The second kappa shape index (κ2) is 8.87. The molecule has 1 amide bonds. The fourth-order valence-electron chi connectivity index (χ4n) is 2.74. The molecule has 0 spiro atoms. The van der Waals surface area contributed by atoms with E-state index in [1.807, 2.05) is 56.3 Å². The molecular weight excluding hydrogens is 388 g/mol. The van der Waals surface area contributed by atoms with Crippen molar-refractivity contribution in [3.63, 3.8) is 0 Å². The lowest BCUT2D eigenvalue weighted by Gasteiger charge is -2.15. The number of para-hydroxylation sites is 1. The van der Waals surface area contributed by atoms with Crippen LogP contribution in [0.25, 0.3) is 10.6 Å². The molecule has 0 bridgehead atoms. The van der Waals surface area contributed by atoms with Gasteiger partial charge in [0.1, 0.15) is 10.8 Å². The minimum absolute atomic E-state index is 0.174. The molecule has 1 N–H and O–H groups in total. The van der Waals surface area contributed by atoms with Crippen molar-refractivity contribution in [2.45, 2.75) is 26.9 Å². The number of aromatic nitrogens is 1. The van der Waals surface area contributed by atoms with Crippen LogP contribution in [-0.4, -0.2) is 30.1 Å². The molecule has 2 aromatic carbocycles. The molecule has 0 radical (unpaired) electrons. The Morgan fingerprint density at radius 3 is 2.34 bits per heavy atom. The molecule has 0 aliphatic rings. The van der Waals surface area contributed by atoms with Gasteiger partial charge in [0.2, 0.25) is 0 Å². The molecule has 3 rings (SSSR count). The first-order valence-electron chi connectivity index (χ1n) is 9.07. The van der Waals surface area contributed by atoms with Crippen LogP contribution in [-0.2, 0) is 9.53 Å². The van der Waals surface area contributed by atoms with E-state index in [-0.39, 0.29) is 11.6 Å². The van der Waals surface area contributed by atoms with Crippen molar-refractivity contribution in [1.82, 2.24) is 4.98 Å². The third-order valence-corrected chi connectivity index (χ3v) is 5.32. The zero-order valence-electron chi connectivity index (χ0n) is 16.7. The molecule has 0 saturated heterocycles. The zero-order chi connectivity index (χ0) is 21.0. The van der Waals surface area contributed by atoms with E-state index in [4.69, 9.17) is 9.47 Å². The summed E-state index contributed by atoms with van der Waals surface area (Å²) in [5.74, 6) is -0.278. The van der Waals surface area contributed by atoms with Gasteiger partial charge in [0.25, 0.3) is 5.91 Å². The number of methoxy groups -OCH3 is 1. The molecule has 0 saturated carbocycles. The van der Waals surface area contributed by atoms with Crippen LogP contribution in [0.1, 0.15) is 28.5 Å². The number of amides is 1. The fraction of sp³-hybridized carbons (Fsp3) is 0.227. The van der Waals surface area contributed by atoms with Crippen molar-refractivity contribution in [3.05, 3.63) is 64.7 Å². The van der Waals surface area contributed by atoms with Crippen LogP contribution >= 0.6 is 11.3 Å². The zero-order valence-corrected chi connectivity index (χ0v) is 17.5. The number of ether oxygens (including phenoxy) is 2. The first kappa shape index (κ1) is 20.5. The number of rotatable bonds is 6. The lowest BCUT2D eigenvalue weighted by atomic mass is 10.1. The van der Waals surface area contributed by atoms with Gasteiger partial charge in [-0.15, -0.1) is 11.3 Å². The highest BCUT2D eigenvalue weighted by molar-refractivity contribution is 7.13. The largest absolute Gasteiger partial charge is 0.497 e. The summed E-state index contributed by atoms with van der Waals surface area (Å²) in [6.07, 6.45) is -0.951. The number of thiazole rings is 1. The van der Waals surface area contributed by atoms with Gasteiger partial charge in [-0.25, -0.2) is 9.78 Å². The molecule has 1 aromatic heterocycles. The number of esters is 1. The highest BCUT2D eigenvalue weighted by atomic mass is 32.1. The van der Waals surface area contributed by atoms with Crippen LogP contribution in [0.5, 0.6) is 5.75 Å². The highest BCUT2D eigenvalue weighted by Gasteiger charge is 2.22. The average molecular weight is 410 g/mol. The molecular formula is C22H22N2O4S. The minimum Gasteiger partial charge on any atom is -0.497 e. The number of benzene rings is 2. The van der Waals surface area contributed by atoms with Gasteiger partial charge in [-0.2, -0.15) is 0 Å². The summed E-state index contributed by atoms with van der Waals surface area (Å²) < 4.78 is 10.5. The third-order valence-electron chi connectivity index (χ3n) is 4.43. The third kappa shape index (κ3) is 4.81. The highest BCUT2D eigenvalue weighted by Crippen LogP contribution is 2.26. The van der Waals surface area contributed by atoms with E-state index in [9.17, 15) is 9.59 Å². The molecule has 29 heavy (non-hydrogen) atoms. The summed E-state index contributed by atoms with van der Waals surface area (Å²) in [5.41, 5.74) is 3.67. The quantitative estimate of drug-likeness (QED) is 0.600. The van der Waals surface area contributed by atoms with Crippen LogP contribution in [0.4, 0.5) is 5.69 Å². The maximum atomic E-state index is 12.5. The smallest absolute Gasteiger partial charge is 0.358 e. The molecule has 0 aliphatic carbocycles. The Balaban J connectivity index is 1.65. The fourth-order valence-corrected chi connectivity index (χ4v) is 3.54. The SMILES string of the molecule is COc1ccc(-c2nc(C(=O)OC(C)C(=O)Nc3c(C)cccc3C)cs2)cc1. The van der Waals surface area contributed by atoms with Crippen LogP contribution in [0, 0.1) is 13.8 Å². The molecule has 3 aromatic rings. The molecule has 1 unspecified atom stereocenters. The summed E-state index contributed by atoms with van der Waals surface area (Å²) in [6.45, 7) is 5.36. The Morgan fingerprint density at radius 1 is 1.07 bits per heavy atom. The molecule has 1 heterocycles. The van der Waals surface area contributed by atoms with Crippen molar-refractivity contribution in [2.75, 3.05) is 12.4 Å². The van der Waals surface area contributed by atoms with Gasteiger partial charge in [-0.1, -0.05) is 18.2 Å². The number of carbonyl (C=O) groups is 2. The van der Waals surface area contributed by atoms with Crippen molar-refractivity contribution < 1.29 is 19.1 Å². The van der Waals surface area contributed by atoms with Gasteiger partial charge in [-0.05, 0) is 56.2 Å². The number of aryl methyl sites for hydroxylation is 2. The summed E-state index contributed by atoms with van der Waals surface area (Å²) in [5, 5.41) is 5.14. The van der Waals surface area contributed by atoms with Crippen LogP contribution in [0.2, 0.25) is 0 Å². The van der Waals surface area contributed by atoms with E-state index >= 15 is 0 Å². The first-order valence-corrected chi connectivity index (χ1v) is 9.95. The predicted molar refractivity (Wildman–Crippen MR) is 114 cm³/mol. The van der Waals surface area contributed by atoms with Gasteiger partial charge < -0.3 is 14.8 Å². The second-order valence-corrected chi connectivity index (χ2v) is 7.43. The first-order chi connectivity index (χ1) is 13.9. The minimum atomic E-state index is -0.951. The maximum absolute atomic E-state index is 12.5. The van der Waals surface area contributed by atoms with Crippen molar-refractivity contribution in [2.24, 2.45) is 0 Å². The van der Waals surface area contributed by atoms with E-state index in [2.05, 4.69) is 10.3 Å². The number of nitrogens with zero attached hydrogens (tertiary/aromatic N) is 1. The second-order valence-electron chi connectivity index (χ2n) is 6.57. The summed E-state index contributed by atoms with van der Waals surface area (Å²) in [4.78, 5) is 29.2. The summed E-state index contributed by atoms with van der Waals surface area (Å²) in [6, 6.07) is 13.1. The standard InChI is InChI=1S/C22H22N2O4S/c1-13-6-5-7-14(2)19(13)24-20(25)15(3)28-22(26)18-12-29-21(23-18)16-8-10-17(27-4)11-9-16/h5-12,15H,1-4H3,(H,24,25). The molecule has 6 nitrogen and oxygen atoms in total. The topological polar surface area (TPSA) is 77.5 Å². The van der Waals surface area contributed by atoms with Gasteiger partial charge >= 0.3 is 5.97 Å². The van der Waals surface area contributed by atoms with Crippen molar-refractivity contribution in [3.8, 4) is 16.3 Å². The predicted octanol–water partition coefficient (Wildman–Crippen LogP) is 4.62. The van der Waals surface area contributed by atoms with Crippen LogP contribution < -0.4 is 10.1 Å². The van der Waals surface area contributed by atoms with E-state index in [1.165, 1.54) is 18.3 Å². The number of nitrogens with one attached hydrogen (secondary N) is 1. The lowest BCUT2D eigenvalue weighted by molar-refractivity contribution is -0.123. The van der Waals surface area contributed by atoms with Crippen molar-refractivity contribution >= 4 is 28.9 Å². The number of carbonyl (C=O) groups excluding carboxylic acids is 2. The number of hydrogen-bond acceptors (Lipinski definition) is 6. The maximum Gasteiger partial charge on any atom is 0.358 e. The van der Waals surface area contributed by atoms with E-state index in [0.717, 1.165) is 28.1 Å². The van der Waals surface area contributed by atoms with Gasteiger partial charge in [0.15, 0.2) is 11.8 Å². The molecule has 150 valence electrons. The van der Waals surface area contributed by atoms with Gasteiger partial charge in [-0.3, -0.25) is 4.79 Å². The van der Waals surface area contributed by atoms with Gasteiger partial charge in [0.05, 0.1) is 7.11 Å². The Bertz CT molecular complexity index is 1010. The molecule has 0 aliphatic heterocycles. The Morgan fingerprint density at radius 2 is 1.72 bits per heavy atom. The van der Waals surface area contributed by atoms with Crippen LogP contribution in [0.15, 0.2) is 47.8 Å². The number of anilines is 1. The average Bonchev–Trinajstić information content (AvgIpc) is 3.21. The monoisotopic (exact) mass is 410 g/mol. The molecule has 0 fully saturated rings. The number of hydrogen-bond donors (Lipinski definition) is 1. The van der Waals surface area contributed by atoms with Gasteiger partial charge in [0, 0.05) is 16.6 Å². The van der Waals surface area contributed by atoms with E-state index < -0.39 is 12.1 Å². The summed E-state index contributed by atoms with van der Waals surface area (Å²) >= 11 is 1.33. The Hall–Kier alpha value is -3.19. The lowest BCUT2D eigenvalue weighted by Crippen LogP contribution is -2.30. The molecule has 7 heteroatoms. The van der Waals surface area contributed by atoms with Crippen molar-refractivity contribution in [1.29, 1.82) is 0 Å². The Kier molecular flexibility index (Phi) is 6.29. The normalized spacial score (nSPS) is 11.6. The van der Waals surface area contributed by atoms with E-state index in [0.29, 0.717) is 5.01 Å². The Labute approximate surface area is 173 Å². The summed E-state index contributed by atoms with van der Waals surface area (Å²) in [7, 11) is 1.60. The van der Waals surface area contributed by atoms with Crippen LogP contribution in [0.3, 0.4) is 0 Å².